The van der Waals surface area contributed by atoms with Crippen LogP contribution in [0.5, 0.6) is 0 Å². The highest BCUT2D eigenvalue weighted by Gasteiger charge is 2.14. The molecule has 0 aromatic carbocycles. The van der Waals surface area contributed by atoms with Gasteiger partial charge in [0.15, 0.2) is 13.0 Å². The van der Waals surface area contributed by atoms with E-state index in [1.165, 1.54) is 14.0 Å². The van der Waals surface area contributed by atoms with E-state index < -0.39 is 25.0 Å². The Bertz CT molecular complexity index is 323. The molecule has 7 nitrogen and oxygen atoms in total. The van der Waals surface area contributed by atoms with Crippen LogP contribution in [-0.4, -0.2) is 58.5 Å². The quantitative estimate of drug-likeness (QED) is 0.364. The second kappa shape index (κ2) is 11.2. The molecule has 8 heteroatoms. The van der Waals surface area contributed by atoms with Gasteiger partial charge in [0.05, 0.1) is 19.8 Å². The van der Waals surface area contributed by atoms with Crippen molar-refractivity contribution >= 4 is 12.1 Å². The van der Waals surface area contributed by atoms with Gasteiger partial charge in [-0.05, 0) is 6.92 Å². The number of esters is 1. The lowest BCUT2D eigenvalue weighted by Gasteiger charge is -2.16. The second-order valence-electron chi connectivity index (χ2n) is 3.81. The minimum absolute atomic E-state index is 0.00326. The van der Waals surface area contributed by atoms with Gasteiger partial charge in [0.1, 0.15) is 6.61 Å². The molecule has 116 valence electrons. The summed E-state index contributed by atoms with van der Waals surface area (Å²) >= 11 is 0. The van der Waals surface area contributed by atoms with Gasteiger partial charge < -0.3 is 24.3 Å². The van der Waals surface area contributed by atoms with E-state index in [0.29, 0.717) is 0 Å². The molecule has 0 saturated heterocycles. The topological polar surface area (TPSA) is 83.1 Å². The van der Waals surface area contributed by atoms with Gasteiger partial charge in [0.25, 0.3) is 0 Å². The molecule has 1 unspecified atom stereocenters. The third-order valence-electron chi connectivity index (χ3n) is 1.96. The van der Waals surface area contributed by atoms with Crippen molar-refractivity contribution in [2.75, 3.05) is 40.3 Å². The summed E-state index contributed by atoms with van der Waals surface area (Å²) in [4.78, 5) is 22.4. The Morgan fingerprint density at radius 2 is 2.05 bits per heavy atom. The molecule has 1 N–H and O–H groups in total. The van der Waals surface area contributed by atoms with Gasteiger partial charge >= 0.3 is 12.1 Å². The summed E-state index contributed by atoms with van der Waals surface area (Å²) in [6.45, 7) is 4.01. The average Bonchev–Trinajstić information content (AvgIpc) is 2.40. The maximum Gasteiger partial charge on any atom is 0.407 e. The highest BCUT2D eigenvalue weighted by molar-refractivity contribution is 5.86. The molecule has 0 aromatic rings. The Kier molecular flexibility index (Phi) is 10.2. The normalized spacial score (nSPS) is 11.6. The summed E-state index contributed by atoms with van der Waals surface area (Å²) in [5, 5.41) is 2.37. The summed E-state index contributed by atoms with van der Waals surface area (Å²) in [7, 11) is 1.42. The Balaban J connectivity index is 3.83. The summed E-state index contributed by atoms with van der Waals surface area (Å²) < 4.78 is 30.8. The lowest BCUT2D eigenvalue weighted by atomic mass is 10.4. The monoisotopic (exact) mass is 293 g/mol. The number of amides is 1. The largest absolute Gasteiger partial charge is 0.460 e. The summed E-state index contributed by atoms with van der Waals surface area (Å²) in [5.74, 6) is -0.534. The molecule has 0 spiro atoms. The van der Waals surface area contributed by atoms with Crippen LogP contribution in [0.3, 0.4) is 0 Å². The maximum atomic E-state index is 11.8. The van der Waals surface area contributed by atoms with E-state index in [-0.39, 0.29) is 31.9 Å². The molecular formula is C12H20FNO6. The molecule has 1 atom stereocenters. The lowest BCUT2D eigenvalue weighted by molar-refractivity contribution is -0.138. The van der Waals surface area contributed by atoms with Gasteiger partial charge in [-0.2, -0.15) is 0 Å². The van der Waals surface area contributed by atoms with Crippen LogP contribution in [0.15, 0.2) is 12.2 Å². The van der Waals surface area contributed by atoms with Gasteiger partial charge in [-0.25, -0.2) is 14.0 Å². The van der Waals surface area contributed by atoms with Crippen molar-refractivity contribution in [1.82, 2.24) is 5.32 Å². The zero-order chi connectivity index (χ0) is 15.4. The average molecular weight is 293 g/mol. The molecule has 0 bridgehead atoms. The fourth-order valence-corrected chi connectivity index (χ4v) is 1.09. The number of hydrogen-bond acceptors (Lipinski definition) is 6. The Hall–Kier alpha value is -1.67. The molecule has 0 aliphatic carbocycles. The molecular weight excluding hydrogens is 273 g/mol. The van der Waals surface area contributed by atoms with Crippen LogP contribution < -0.4 is 5.32 Å². The maximum absolute atomic E-state index is 11.8. The molecule has 0 fully saturated rings. The van der Waals surface area contributed by atoms with E-state index in [1.807, 2.05) is 0 Å². The number of carbonyl (C=O) groups is 2. The van der Waals surface area contributed by atoms with Crippen molar-refractivity contribution in [3.63, 3.8) is 0 Å². The number of alkyl halides is 1. The molecule has 0 heterocycles. The van der Waals surface area contributed by atoms with Crippen molar-refractivity contribution in [1.29, 1.82) is 0 Å². The number of carbonyl (C=O) groups excluding carboxylic acids is 2. The van der Waals surface area contributed by atoms with Gasteiger partial charge in [-0.1, -0.05) is 6.58 Å². The standard InChI is InChI=1S/C12H20FNO6/c1-9(2)11(15)19-5-4-14-12(16)20-10(6-17-3)7-18-8-13/h10H,1,4-8H2,2-3H3,(H,14,16). The SMILES string of the molecule is C=C(C)C(=O)OCCNC(=O)OC(COC)COCF. The summed E-state index contributed by atoms with van der Waals surface area (Å²) in [5.41, 5.74) is 0.274. The van der Waals surface area contributed by atoms with Gasteiger partial charge in [0, 0.05) is 12.7 Å². The van der Waals surface area contributed by atoms with Gasteiger partial charge in [-0.3, -0.25) is 0 Å². The number of methoxy groups -OCH3 is 1. The van der Waals surface area contributed by atoms with E-state index in [0.717, 1.165) is 0 Å². The van der Waals surface area contributed by atoms with E-state index in [1.54, 1.807) is 0 Å². The molecule has 0 saturated carbocycles. The molecule has 20 heavy (non-hydrogen) atoms. The van der Waals surface area contributed by atoms with E-state index >= 15 is 0 Å². The number of rotatable bonds is 10. The fraction of sp³-hybridized carbons (Fsp3) is 0.667. The zero-order valence-corrected chi connectivity index (χ0v) is 11.6. The summed E-state index contributed by atoms with van der Waals surface area (Å²) in [6, 6.07) is 0. The highest BCUT2D eigenvalue weighted by Crippen LogP contribution is 1.96. The third kappa shape index (κ3) is 9.29. The number of alkyl carbamates (subject to hydrolysis) is 1. The predicted molar refractivity (Wildman–Crippen MR) is 67.8 cm³/mol. The van der Waals surface area contributed by atoms with Crippen molar-refractivity contribution in [2.45, 2.75) is 13.0 Å². The van der Waals surface area contributed by atoms with Crippen LogP contribution in [0, 0.1) is 0 Å². The smallest absolute Gasteiger partial charge is 0.407 e. The molecule has 0 aliphatic rings. The van der Waals surface area contributed by atoms with Gasteiger partial charge in [-0.15, -0.1) is 0 Å². The first-order valence-electron chi connectivity index (χ1n) is 5.91. The van der Waals surface area contributed by atoms with Gasteiger partial charge in [0.2, 0.25) is 0 Å². The Morgan fingerprint density at radius 3 is 2.60 bits per heavy atom. The van der Waals surface area contributed by atoms with Crippen molar-refractivity contribution in [2.24, 2.45) is 0 Å². The molecule has 0 aliphatic heterocycles. The van der Waals surface area contributed by atoms with E-state index in [9.17, 15) is 14.0 Å². The van der Waals surface area contributed by atoms with Crippen molar-refractivity contribution in [3.8, 4) is 0 Å². The number of halogens is 1. The molecule has 0 radical (unpaired) electrons. The van der Waals surface area contributed by atoms with E-state index in [4.69, 9.17) is 14.2 Å². The Labute approximate surface area is 117 Å². The van der Waals surface area contributed by atoms with Crippen LogP contribution in [0.25, 0.3) is 0 Å². The first-order chi connectivity index (χ1) is 9.51. The molecule has 1 amide bonds. The van der Waals surface area contributed by atoms with Crippen LogP contribution in [-0.2, 0) is 23.7 Å². The van der Waals surface area contributed by atoms with Crippen LogP contribution in [0.4, 0.5) is 9.18 Å². The minimum atomic E-state index is -0.970. The van der Waals surface area contributed by atoms with E-state index in [2.05, 4.69) is 16.6 Å². The Morgan fingerprint density at radius 1 is 1.35 bits per heavy atom. The number of hydrogen-bond donors (Lipinski definition) is 1. The number of ether oxygens (including phenoxy) is 4. The predicted octanol–water partition coefficient (Wildman–Crippen LogP) is 0.790. The summed E-state index contributed by atoms with van der Waals surface area (Å²) in [6.07, 6.45) is -1.45. The van der Waals surface area contributed by atoms with Crippen LogP contribution in [0.1, 0.15) is 6.92 Å². The molecule has 0 aromatic heterocycles. The molecule has 0 rings (SSSR count). The minimum Gasteiger partial charge on any atom is -0.460 e. The van der Waals surface area contributed by atoms with Crippen molar-refractivity contribution < 1.29 is 32.9 Å². The van der Waals surface area contributed by atoms with Crippen LogP contribution in [0.2, 0.25) is 0 Å². The van der Waals surface area contributed by atoms with Crippen molar-refractivity contribution in [3.05, 3.63) is 12.2 Å². The van der Waals surface area contributed by atoms with Crippen LogP contribution >= 0.6 is 0 Å². The first kappa shape index (κ1) is 18.3. The lowest BCUT2D eigenvalue weighted by Crippen LogP contribution is -2.35. The highest BCUT2D eigenvalue weighted by atomic mass is 19.1. The number of nitrogens with one attached hydrogen (secondary N) is 1. The zero-order valence-electron chi connectivity index (χ0n) is 11.6. The first-order valence-corrected chi connectivity index (χ1v) is 5.91. The second-order valence-corrected chi connectivity index (χ2v) is 3.81. The third-order valence-corrected chi connectivity index (χ3v) is 1.96. The fourth-order valence-electron chi connectivity index (χ4n) is 1.09.